The largest absolute Gasteiger partial charge is 0.496 e. The van der Waals surface area contributed by atoms with Crippen LogP contribution in [0.1, 0.15) is 79.4 Å². The second-order valence-corrected chi connectivity index (χ2v) is 15.1. The molecule has 16 nitrogen and oxygen atoms in total. The number of para-hydroxylation sites is 1. The lowest BCUT2D eigenvalue weighted by Crippen LogP contribution is -2.44. The molecule has 3 amide bonds. The van der Waals surface area contributed by atoms with Crippen LogP contribution in [-0.4, -0.2) is 96.1 Å². The third kappa shape index (κ3) is 7.66. The standard InChI is InChI=1S/C41H48N10O6/c1-47(19-7-21-57-20-6-9-26-8-4-10-32-38(26)48(2)41(55)50(32)33-16-17-37(52)45-40(33)54)28-12-14-29(15-13-28)49-25-27-22-30(34(56-3)23-31(27)46-49)39(53)44-36-24-42-35-11-5-18-43-51(35)36/h4-5,8,10-11,18,22-25,28-29,33H,6-7,9,12-17,19-21H2,1-3H3,(H,44,53)(H,45,52,54). The van der Waals surface area contributed by atoms with Crippen molar-refractivity contribution in [2.75, 3.05) is 39.2 Å². The van der Waals surface area contributed by atoms with Crippen LogP contribution in [0.25, 0.3) is 27.6 Å². The number of ether oxygens (including phenoxy) is 2. The van der Waals surface area contributed by atoms with Gasteiger partial charge in [-0.3, -0.25) is 33.5 Å². The summed E-state index contributed by atoms with van der Waals surface area (Å²) in [5.41, 5.74) is 4.14. The van der Waals surface area contributed by atoms with Crippen molar-refractivity contribution in [3.8, 4) is 5.75 Å². The van der Waals surface area contributed by atoms with E-state index in [4.69, 9.17) is 14.6 Å². The summed E-state index contributed by atoms with van der Waals surface area (Å²) in [4.78, 5) is 57.6. The Morgan fingerprint density at radius 2 is 1.86 bits per heavy atom. The van der Waals surface area contributed by atoms with Gasteiger partial charge in [-0.25, -0.2) is 9.78 Å². The van der Waals surface area contributed by atoms with Gasteiger partial charge in [-0.05, 0) is 88.2 Å². The van der Waals surface area contributed by atoms with Gasteiger partial charge in [-0.2, -0.15) is 14.7 Å². The molecule has 57 heavy (non-hydrogen) atoms. The first-order valence-corrected chi connectivity index (χ1v) is 19.7. The molecule has 2 aromatic carbocycles. The summed E-state index contributed by atoms with van der Waals surface area (Å²) in [6.07, 6.45) is 12.4. The monoisotopic (exact) mass is 776 g/mol. The van der Waals surface area contributed by atoms with Gasteiger partial charge in [0.15, 0.2) is 11.5 Å². The molecule has 6 aromatic rings. The van der Waals surface area contributed by atoms with Gasteiger partial charge in [0.2, 0.25) is 11.8 Å². The van der Waals surface area contributed by atoms with Crippen molar-refractivity contribution >= 4 is 51.1 Å². The number of nitrogens with one attached hydrogen (secondary N) is 2. The number of aromatic nitrogens is 7. The van der Waals surface area contributed by atoms with Crippen molar-refractivity contribution in [1.82, 2.24) is 43.7 Å². The van der Waals surface area contributed by atoms with E-state index in [0.29, 0.717) is 54.0 Å². The first kappa shape index (κ1) is 38.0. The molecule has 0 radical (unpaired) electrons. The maximum absolute atomic E-state index is 13.4. The lowest BCUT2D eigenvalue weighted by atomic mass is 9.90. The van der Waals surface area contributed by atoms with Gasteiger partial charge in [0.05, 0.1) is 41.5 Å². The number of amides is 3. The Kier molecular flexibility index (Phi) is 10.9. The van der Waals surface area contributed by atoms with Crippen LogP contribution in [0.5, 0.6) is 5.75 Å². The zero-order valence-corrected chi connectivity index (χ0v) is 32.5. The first-order valence-electron chi connectivity index (χ1n) is 19.7. The Hall–Kier alpha value is -5.87. The lowest BCUT2D eigenvalue weighted by molar-refractivity contribution is -0.135. The summed E-state index contributed by atoms with van der Waals surface area (Å²) in [6.45, 7) is 2.24. The minimum absolute atomic E-state index is 0.214. The van der Waals surface area contributed by atoms with Crippen LogP contribution in [0.4, 0.5) is 5.82 Å². The number of nitrogens with zero attached hydrogens (tertiary/aromatic N) is 8. The highest BCUT2D eigenvalue weighted by Crippen LogP contribution is 2.33. The molecule has 8 rings (SSSR count). The number of benzene rings is 2. The summed E-state index contributed by atoms with van der Waals surface area (Å²) in [5.74, 6) is -0.121. The predicted octanol–water partition coefficient (Wildman–Crippen LogP) is 4.43. The molecular formula is C41H48N10O6. The molecule has 1 saturated heterocycles. The Labute approximate surface area is 328 Å². The Morgan fingerprint density at radius 3 is 2.67 bits per heavy atom. The lowest BCUT2D eigenvalue weighted by Gasteiger charge is -2.34. The fraction of sp³-hybridized carbons (Fsp3) is 0.439. The number of hydrogen-bond acceptors (Lipinski definition) is 10. The van der Waals surface area contributed by atoms with Crippen molar-refractivity contribution in [1.29, 1.82) is 0 Å². The number of hydrogen-bond donors (Lipinski definition) is 2. The van der Waals surface area contributed by atoms with E-state index >= 15 is 0 Å². The zero-order valence-electron chi connectivity index (χ0n) is 32.5. The van der Waals surface area contributed by atoms with Gasteiger partial charge < -0.3 is 19.7 Å². The highest BCUT2D eigenvalue weighted by atomic mass is 16.5. The Balaban J connectivity index is 0.788. The maximum atomic E-state index is 13.4. The van der Waals surface area contributed by atoms with Gasteiger partial charge in [-0.1, -0.05) is 12.1 Å². The highest BCUT2D eigenvalue weighted by Gasteiger charge is 2.32. The van der Waals surface area contributed by atoms with Gasteiger partial charge in [-0.15, -0.1) is 0 Å². The van der Waals surface area contributed by atoms with Crippen LogP contribution in [0.3, 0.4) is 0 Å². The molecule has 1 unspecified atom stereocenters. The number of aryl methyl sites for hydroxylation is 2. The second kappa shape index (κ2) is 16.3. The summed E-state index contributed by atoms with van der Waals surface area (Å²) in [7, 11) is 5.48. The van der Waals surface area contributed by atoms with E-state index in [2.05, 4.69) is 37.3 Å². The van der Waals surface area contributed by atoms with E-state index in [1.807, 2.05) is 42.6 Å². The smallest absolute Gasteiger partial charge is 0.329 e. The van der Waals surface area contributed by atoms with E-state index in [9.17, 15) is 19.2 Å². The molecule has 2 N–H and O–H groups in total. The number of methoxy groups -OCH3 is 1. The predicted molar refractivity (Wildman–Crippen MR) is 214 cm³/mol. The third-order valence-electron chi connectivity index (χ3n) is 11.5. The van der Waals surface area contributed by atoms with Crippen molar-refractivity contribution in [3.05, 3.63) is 82.7 Å². The topological polar surface area (TPSA) is 172 Å². The SMILES string of the molecule is COc1cc2nn(C3CCC(N(C)CCCOCCCc4cccc5c4n(C)c(=O)n5C4CCC(=O)NC4=O)CC3)cc2cc1C(=O)Nc1cnc2cccnn12. The fourth-order valence-corrected chi connectivity index (χ4v) is 8.48. The van der Waals surface area contributed by atoms with E-state index in [1.54, 1.807) is 41.7 Å². The summed E-state index contributed by atoms with van der Waals surface area (Å²) < 4.78 is 18.4. The van der Waals surface area contributed by atoms with Crippen molar-refractivity contribution in [3.63, 3.8) is 0 Å². The minimum Gasteiger partial charge on any atom is -0.496 e. The van der Waals surface area contributed by atoms with E-state index in [0.717, 1.165) is 73.5 Å². The molecule has 2 aliphatic rings. The van der Waals surface area contributed by atoms with Crippen LogP contribution >= 0.6 is 0 Å². The summed E-state index contributed by atoms with van der Waals surface area (Å²) in [5, 5.41) is 15.3. The van der Waals surface area contributed by atoms with Crippen molar-refractivity contribution in [2.24, 2.45) is 7.05 Å². The van der Waals surface area contributed by atoms with Crippen LogP contribution in [-0.2, 0) is 27.8 Å². The molecule has 0 spiro atoms. The fourth-order valence-electron chi connectivity index (χ4n) is 8.48. The van der Waals surface area contributed by atoms with E-state index in [-0.39, 0.29) is 30.0 Å². The van der Waals surface area contributed by atoms with Crippen LogP contribution in [0.15, 0.2) is 65.8 Å². The Morgan fingerprint density at radius 1 is 1.04 bits per heavy atom. The Bertz CT molecular complexity index is 2510. The average Bonchev–Trinajstić information content (AvgIpc) is 3.90. The van der Waals surface area contributed by atoms with Crippen molar-refractivity contribution in [2.45, 2.75) is 75.9 Å². The molecule has 16 heteroatoms. The minimum atomic E-state index is -0.695. The molecule has 1 aliphatic carbocycles. The molecule has 2 fully saturated rings. The molecule has 1 saturated carbocycles. The zero-order chi connectivity index (χ0) is 39.6. The number of fused-ring (bicyclic) bond motifs is 3. The van der Waals surface area contributed by atoms with E-state index in [1.165, 1.54) is 4.57 Å². The number of rotatable bonds is 14. The number of imidazole rings is 2. The summed E-state index contributed by atoms with van der Waals surface area (Å²) >= 11 is 0. The molecule has 0 bridgehead atoms. The van der Waals surface area contributed by atoms with Crippen molar-refractivity contribution < 1.29 is 23.9 Å². The van der Waals surface area contributed by atoms with Crippen LogP contribution < -0.4 is 21.1 Å². The maximum Gasteiger partial charge on any atom is 0.329 e. The molecule has 4 aromatic heterocycles. The van der Waals surface area contributed by atoms with Crippen LogP contribution in [0, 0.1) is 0 Å². The van der Waals surface area contributed by atoms with Crippen LogP contribution in [0.2, 0.25) is 0 Å². The highest BCUT2D eigenvalue weighted by molar-refractivity contribution is 6.08. The van der Waals surface area contributed by atoms with E-state index < -0.39 is 11.9 Å². The van der Waals surface area contributed by atoms with Gasteiger partial charge in [0.1, 0.15) is 11.8 Å². The number of carbonyl (C=O) groups excluding carboxylic acids is 3. The molecular weight excluding hydrogens is 729 g/mol. The number of imide groups is 1. The summed E-state index contributed by atoms with van der Waals surface area (Å²) in [6, 6.07) is 13.1. The average molecular weight is 777 g/mol. The normalized spacial score (nSPS) is 18.8. The number of piperidine rings is 1. The van der Waals surface area contributed by atoms with Gasteiger partial charge >= 0.3 is 5.69 Å². The molecule has 298 valence electrons. The molecule has 5 heterocycles. The first-order chi connectivity index (χ1) is 27.7. The second-order valence-electron chi connectivity index (χ2n) is 15.1. The number of anilines is 1. The number of carbonyl (C=O) groups is 3. The molecule has 1 atom stereocenters. The third-order valence-corrected chi connectivity index (χ3v) is 11.5. The molecule has 1 aliphatic heterocycles. The quantitative estimate of drug-likeness (QED) is 0.119. The van der Waals surface area contributed by atoms with Gasteiger partial charge in [0, 0.05) is 63.1 Å². The van der Waals surface area contributed by atoms with Gasteiger partial charge in [0.25, 0.3) is 5.91 Å².